The summed E-state index contributed by atoms with van der Waals surface area (Å²) in [6.45, 7) is 2.64. The van der Waals surface area contributed by atoms with Crippen molar-refractivity contribution in [3.05, 3.63) is 52.9 Å². The Hall–Kier alpha value is -3.00. The van der Waals surface area contributed by atoms with E-state index in [0.717, 1.165) is 35.2 Å². The summed E-state index contributed by atoms with van der Waals surface area (Å²) >= 11 is 1.36. The fraction of sp³-hybridized carbons (Fsp3) is 0.286. The number of carbonyl (C=O) groups excluding carboxylic acids is 1. The number of pyridine rings is 1. The van der Waals surface area contributed by atoms with E-state index in [0.29, 0.717) is 23.5 Å². The van der Waals surface area contributed by atoms with E-state index in [4.69, 9.17) is 5.73 Å². The van der Waals surface area contributed by atoms with E-state index in [2.05, 4.69) is 20.9 Å². The van der Waals surface area contributed by atoms with Crippen LogP contribution in [0.5, 0.6) is 0 Å². The van der Waals surface area contributed by atoms with Crippen LogP contribution in [0, 0.1) is 5.82 Å². The molecule has 0 atom stereocenters. The molecule has 3 aromatic rings. The smallest absolute Gasteiger partial charge is 0.270 e. The van der Waals surface area contributed by atoms with Gasteiger partial charge in [0.25, 0.3) is 5.91 Å². The molecule has 2 aromatic heterocycles. The lowest BCUT2D eigenvalue weighted by molar-refractivity contribution is 0.0984. The second-order valence-electron chi connectivity index (χ2n) is 7.30. The van der Waals surface area contributed by atoms with E-state index < -0.39 is 5.82 Å². The first-order valence-corrected chi connectivity index (χ1v) is 10.5. The van der Waals surface area contributed by atoms with E-state index in [1.165, 1.54) is 36.3 Å². The minimum absolute atomic E-state index is 0.0355. The van der Waals surface area contributed by atoms with Gasteiger partial charge in [-0.1, -0.05) is 0 Å². The van der Waals surface area contributed by atoms with Crippen molar-refractivity contribution in [3.63, 3.8) is 0 Å². The molecule has 0 spiro atoms. The monoisotopic (exact) mass is 409 g/mol. The first kappa shape index (κ1) is 18.1. The van der Waals surface area contributed by atoms with Crippen molar-refractivity contribution in [2.75, 3.05) is 35.2 Å². The zero-order chi connectivity index (χ0) is 20.0. The van der Waals surface area contributed by atoms with Gasteiger partial charge >= 0.3 is 0 Å². The minimum atomic E-state index is -0.484. The number of rotatable bonds is 3. The Kier molecular flexibility index (Phi) is 4.43. The molecule has 2 aliphatic heterocycles. The van der Waals surface area contributed by atoms with Gasteiger partial charge in [-0.05, 0) is 43.2 Å². The van der Waals surface area contributed by atoms with E-state index in [-0.39, 0.29) is 11.6 Å². The van der Waals surface area contributed by atoms with E-state index in [1.54, 1.807) is 11.0 Å². The van der Waals surface area contributed by atoms with Crippen LogP contribution in [0.1, 0.15) is 28.2 Å². The van der Waals surface area contributed by atoms with Gasteiger partial charge in [-0.3, -0.25) is 9.78 Å². The highest BCUT2D eigenvalue weighted by molar-refractivity contribution is 7.17. The maximum absolute atomic E-state index is 13.5. The molecule has 0 radical (unpaired) electrons. The number of anilines is 3. The van der Waals surface area contributed by atoms with Crippen molar-refractivity contribution < 1.29 is 9.18 Å². The van der Waals surface area contributed by atoms with Gasteiger partial charge in [0.05, 0.1) is 29.0 Å². The predicted molar refractivity (Wildman–Crippen MR) is 113 cm³/mol. The number of hydrogen-bond donors (Lipinski definition) is 1. The van der Waals surface area contributed by atoms with Crippen LogP contribution in [0.4, 0.5) is 21.5 Å². The fourth-order valence-electron chi connectivity index (χ4n) is 3.86. The molecule has 0 saturated carbocycles. The fourth-order valence-corrected chi connectivity index (χ4v) is 4.90. The summed E-state index contributed by atoms with van der Waals surface area (Å²) in [6, 6.07) is 8.41. The molecule has 1 fully saturated rings. The number of nitrogens with two attached hydrogens (primary N) is 1. The molecular weight excluding hydrogens is 389 g/mol. The number of aromatic nitrogens is 2. The normalized spacial score (nSPS) is 16.4. The summed E-state index contributed by atoms with van der Waals surface area (Å²) in [5.41, 5.74) is 9.01. The van der Waals surface area contributed by atoms with Gasteiger partial charge in [0, 0.05) is 31.7 Å². The Bertz CT molecular complexity index is 1080. The largest absolute Gasteiger partial charge is 0.396 e. The van der Waals surface area contributed by atoms with Gasteiger partial charge in [-0.2, -0.15) is 0 Å². The van der Waals surface area contributed by atoms with E-state index >= 15 is 0 Å². The molecule has 8 heteroatoms. The Morgan fingerprint density at radius 2 is 1.86 bits per heavy atom. The van der Waals surface area contributed by atoms with Gasteiger partial charge < -0.3 is 15.5 Å². The van der Waals surface area contributed by atoms with Crippen LogP contribution in [0.2, 0.25) is 0 Å². The number of nitrogen functional groups attached to an aromatic ring is 1. The Labute approximate surface area is 171 Å². The van der Waals surface area contributed by atoms with Crippen molar-refractivity contribution in [2.24, 2.45) is 0 Å². The molecule has 2 N–H and O–H groups in total. The van der Waals surface area contributed by atoms with Gasteiger partial charge in [0.15, 0.2) is 0 Å². The molecule has 0 unspecified atom stereocenters. The van der Waals surface area contributed by atoms with Crippen LogP contribution in [0.15, 0.2) is 36.5 Å². The van der Waals surface area contributed by atoms with Crippen molar-refractivity contribution in [2.45, 2.75) is 19.3 Å². The molecule has 2 aliphatic rings. The number of amides is 1. The number of hydrogen-bond acceptors (Lipinski definition) is 6. The third-order valence-corrected chi connectivity index (χ3v) is 6.55. The number of carbonyl (C=O) groups is 1. The third-order valence-electron chi connectivity index (χ3n) is 5.44. The van der Waals surface area contributed by atoms with Crippen molar-refractivity contribution in [3.8, 4) is 10.7 Å². The van der Waals surface area contributed by atoms with Gasteiger partial charge in [0.2, 0.25) is 0 Å². The molecule has 1 amide bonds. The molecule has 0 aliphatic carbocycles. The summed E-state index contributed by atoms with van der Waals surface area (Å²) in [5, 5.41) is 0.747. The third kappa shape index (κ3) is 3.23. The highest BCUT2D eigenvalue weighted by Crippen LogP contribution is 2.34. The summed E-state index contributed by atoms with van der Waals surface area (Å²) in [7, 11) is 0. The number of thiazole rings is 1. The maximum Gasteiger partial charge on any atom is 0.270 e. The predicted octanol–water partition coefficient (Wildman–Crippen LogP) is 3.73. The van der Waals surface area contributed by atoms with Crippen LogP contribution in [0.3, 0.4) is 0 Å². The highest BCUT2D eigenvalue weighted by Gasteiger charge is 2.30. The second-order valence-corrected chi connectivity index (χ2v) is 8.30. The Balaban J connectivity index is 1.41. The molecular formula is C21H20FN5OS. The van der Waals surface area contributed by atoms with Crippen molar-refractivity contribution in [1.29, 1.82) is 0 Å². The average molecular weight is 409 g/mol. The molecule has 29 heavy (non-hydrogen) atoms. The van der Waals surface area contributed by atoms with Crippen LogP contribution >= 0.6 is 11.3 Å². The summed E-state index contributed by atoms with van der Waals surface area (Å²) < 4.78 is 13.5. The molecule has 1 saturated heterocycles. The topological polar surface area (TPSA) is 75.3 Å². The van der Waals surface area contributed by atoms with Crippen LogP contribution in [0.25, 0.3) is 10.7 Å². The summed E-state index contributed by atoms with van der Waals surface area (Å²) in [5.74, 6) is -0.614. The van der Waals surface area contributed by atoms with Crippen LogP contribution in [-0.4, -0.2) is 35.5 Å². The van der Waals surface area contributed by atoms with E-state index in [9.17, 15) is 9.18 Å². The standard InChI is InChI=1S/C21H20FN5OS/c22-15-5-3-13(11-16(15)23)27-10-7-17-19(21(27)28)29-20(25-17)18-6-4-14(12-24-18)26-8-1-2-9-26/h3-6,11-12H,1-2,7-10,23H2. The average Bonchev–Trinajstić information content (AvgIpc) is 3.41. The Morgan fingerprint density at radius 3 is 2.59 bits per heavy atom. The summed E-state index contributed by atoms with van der Waals surface area (Å²) in [6.07, 6.45) is 4.97. The van der Waals surface area contributed by atoms with Crippen LogP contribution < -0.4 is 15.5 Å². The highest BCUT2D eigenvalue weighted by atomic mass is 32.1. The van der Waals surface area contributed by atoms with Crippen molar-refractivity contribution in [1.82, 2.24) is 9.97 Å². The van der Waals surface area contributed by atoms with Crippen molar-refractivity contribution >= 4 is 34.3 Å². The van der Waals surface area contributed by atoms with Gasteiger partial charge in [-0.15, -0.1) is 11.3 Å². The first-order valence-electron chi connectivity index (χ1n) is 9.68. The molecule has 148 valence electrons. The summed E-state index contributed by atoms with van der Waals surface area (Å²) in [4.78, 5) is 26.8. The number of benzene rings is 1. The second kappa shape index (κ2) is 7.11. The molecule has 6 nitrogen and oxygen atoms in total. The number of halogens is 1. The quantitative estimate of drug-likeness (QED) is 0.667. The first-order chi connectivity index (χ1) is 14.1. The minimum Gasteiger partial charge on any atom is -0.396 e. The van der Waals surface area contributed by atoms with Crippen LogP contribution in [-0.2, 0) is 6.42 Å². The lowest BCUT2D eigenvalue weighted by Crippen LogP contribution is -2.37. The number of nitrogens with zero attached hydrogens (tertiary/aromatic N) is 4. The van der Waals surface area contributed by atoms with Gasteiger partial charge in [-0.25, -0.2) is 9.37 Å². The zero-order valence-electron chi connectivity index (χ0n) is 15.8. The maximum atomic E-state index is 13.5. The lowest BCUT2D eigenvalue weighted by Gasteiger charge is -2.26. The molecule has 5 rings (SSSR count). The molecule has 1 aromatic carbocycles. The molecule has 4 heterocycles. The van der Waals surface area contributed by atoms with E-state index in [1.807, 2.05) is 12.3 Å². The molecule has 0 bridgehead atoms. The van der Waals surface area contributed by atoms with Gasteiger partial charge in [0.1, 0.15) is 15.7 Å². The SMILES string of the molecule is Nc1cc(N2CCc3nc(-c4ccc(N5CCCC5)cn4)sc3C2=O)ccc1F. The number of fused-ring (bicyclic) bond motifs is 1. The Morgan fingerprint density at radius 1 is 1.07 bits per heavy atom. The zero-order valence-corrected chi connectivity index (χ0v) is 16.6. The lowest BCUT2D eigenvalue weighted by atomic mass is 10.1.